The summed E-state index contributed by atoms with van der Waals surface area (Å²) in [5, 5.41) is 17.0. The molecule has 0 spiro atoms. The predicted octanol–water partition coefficient (Wildman–Crippen LogP) is 4.57. The van der Waals surface area contributed by atoms with E-state index in [4.69, 9.17) is 27.9 Å². The van der Waals surface area contributed by atoms with Gasteiger partial charge in [-0.25, -0.2) is 0 Å². The van der Waals surface area contributed by atoms with Crippen LogP contribution in [0.25, 0.3) is 0 Å². The van der Waals surface area contributed by atoms with Gasteiger partial charge in [0.2, 0.25) is 0 Å². The van der Waals surface area contributed by atoms with Gasteiger partial charge >= 0.3 is 0 Å². The number of halogens is 2. The predicted molar refractivity (Wildman–Crippen MR) is 103 cm³/mol. The van der Waals surface area contributed by atoms with Crippen LogP contribution < -0.4 is 4.74 Å². The molecule has 0 fully saturated rings. The highest BCUT2D eigenvalue weighted by atomic mass is 35.5. The lowest BCUT2D eigenvalue weighted by atomic mass is 9.95. The minimum absolute atomic E-state index is 0.158. The average Bonchev–Trinajstić information content (AvgIpc) is 2.56. The molecule has 132 valence electrons. The highest BCUT2D eigenvalue weighted by Gasteiger charge is 2.28. The van der Waals surface area contributed by atoms with Gasteiger partial charge in [-0.3, -0.25) is 10.0 Å². The van der Waals surface area contributed by atoms with Crippen LogP contribution in [-0.4, -0.2) is 36.8 Å². The van der Waals surface area contributed by atoms with E-state index in [9.17, 15) is 5.11 Å². The molecule has 1 N–H and O–H groups in total. The summed E-state index contributed by atoms with van der Waals surface area (Å²) in [6, 6.07) is 12.1. The first-order valence-corrected chi connectivity index (χ1v) is 8.22. The van der Waals surface area contributed by atoms with Crippen LogP contribution in [0, 0.1) is 0 Å². The fourth-order valence-electron chi connectivity index (χ4n) is 2.30. The number of ether oxygens (including phenoxy) is 1. The number of aliphatic imine (C=N–C) groups is 1. The van der Waals surface area contributed by atoms with Crippen molar-refractivity contribution in [3.8, 4) is 11.5 Å². The molecule has 0 aliphatic heterocycles. The van der Waals surface area contributed by atoms with Gasteiger partial charge in [0.1, 0.15) is 23.4 Å². The van der Waals surface area contributed by atoms with Crippen molar-refractivity contribution in [2.45, 2.75) is 12.5 Å². The zero-order valence-corrected chi connectivity index (χ0v) is 15.5. The lowest BCUT2D eigenvalue weighted by Crippen LogP contribution is -2.35. The highest BCUT2D eigenvalue weighted by molar-refractivity contribution is 6.31. The zero-order valence-electron chi connectivity index (χ0n) is 14.0. The number of nitrogens with zero attached hydrogens (tertiary/aromatic N) is 3. The number of hydrazone groups is 1. The third kappa shape index (κ3) is 5.19. The van der Waals surface area contributed by atoms with Gasteiger partial charge in [0.15, 0.2) is 0 Å². The van der Waals surface area contributed by atoms with Gasteiger partial charge in [0.05, 0.1) is 11.6 Å². The number of aliphatic hydroxyl groups is 1. The first-order chi connectivity index (χ1) is 11.9. The Morgan fingerprint density at radius 2 is 1.84 bits per heavy atom. The van der Waals surface area contributed by atoms with Crippen molar-refractivity contribution in [2.24, 2.45) is 10.1 Å². The Bertz CT molecular complexity index is 761. The smallest absolute Gasteiger partial charge is 0.128 e. The Hall–Kier alpha value is -2.08. The first-order valence-electron chi connectivity index (χ1n) is 7.47. The standard InChI is InChI=1S/C18H19Cl2N3O2/c1-18(24,11-23(22-3)12-21-2)16-9-8-15(10-17(16)20)25-14-6-4-13(19)5-7-14/h4-10,12,24H,3,11H2,1-2H3. The molecule has 0 saturated carbocycles. The molecule has 0 amide bonds. The van der Waals surface area contributed by atoms with Crippen molar-refractivity contribution >= 4 is 36.3 Å². The molecule has 7 heteroatoms. The van der Waals surface area contributed by atoms with E-state index >= 15 is 0 Å². The van der Waals surface area contributed by atoms with Crippen molar-refractivity contribution in [3.63, 3.8) is 0 Å². The van der Waals surface area contributed by atoms with E-state index in [1.54, 1.807) is 56.4 Å². The molecule has 0 bridgehead atoms. The molecule has 0 aromatic heterocycles. The van der Waals surface area contributed by atoms with Gasteiger partial charge in [0.25, 0.3) is 0 Å². The average molecular weight is 380 g/mol. The second kappa shape index (κ2) is 8.34. The third-order valence-electron chi connectivity index (χ3n) is 3.47. The molecule has 2 aromatic carbocycles. The quantitative estimate of drug-likeness (QED) is 0.435. The lowest BCUT2D eigenvalue weighted by Gasteiger charge is -2.28. The third-order valence-corrected chi connectivity index (χ3v) is 4.04. The van der Waals surface area contributed by atoms with Crippen molar-refractivity contribution in [1.82, 2.24) is 5.01 Å². The Labute approximate surface area is 157 Å². The van der Waals surface area contributed by atoms with Crippen molar-refractivity contribution in [2.75, 3.05) is 13.6 Å². The van der Waals surface area contributed by atoms with E-state index < -0.39 is 5.60 Å². The monoisotopic (exact) mass is 379 g/mol. The number of hydrogen-bond acceptors (Lipinski definition) is 4. The molecular weight excluding hydrogens is 361 g/mol. The molecule has 1 unspecified atom stereocenters. The van der Waals surface area contributed by atoms with Crippen LogP contribution in [0.3, 0.4) is 0 Å². The SMILES string of the molecule is C=NN(C=NC)CC(C)(O)c1ccc(Oc2ccc(Cl)cc2)cc1Cl. The first kappa shape index (κ1) is 19.2. The molecule has 2 rings (SSSR count). The maximum absolute atomic E-state index is 10.8. The Morgan fingerprint density at radius 1 is 1.20 bits per heavy atom. The summed E-state index contributed by atoms with van der Waals surface area (Å²) >= 11 is 12.2. The Balaban J connectivity index is 2.20. The number of rotatable bonds is 7. The van der Waals surface area contributed by atoms with Gasteiger partial charge < -0.3 is 9.84 Å². The maximum atomic E-state index is 10.8. The molecular formula is C18H19Cl2N3O2. The highest BCUT2D eigenvalue weighted by Crippen LogP contribution is 2.33. The summed E-state index contributed by atoms with van der Waals surface area (Å²) in [6.45, 7) is 5.26. The molecule has 2 aromatic rings. The fraction of sp³-hybridized carbons (Fsp3) is 0.222. The zero-order chi connectivity index (χ0) is 18.4. The molecule has 0 heterocycles. The summed E-state index contributed by atoms with van der Waals surface area (Å²) < 4.78 is 5.74. The van der Waals surface area contributed by atoms with Crippen LogP contribution in [0.4, 0.5) is 0 Å². The van der Waals surface area contributed by atoms with Crippen molar-refractivity contribution in [1.29, 1.82) is 0 Å². The van der Waals surface area contributed by atoms with Crippen LogP contribution in [0.2, 0.25) is 10.0 Å². The minimum Gasteiger partial charge on any atom is -0.457 e. The summed E-state index contributed by atoms with van der Waals surface area (Å²) in [7, 11) is 1.61. The van der Waals surface area contributed by atoms with Crippen LogP contribution in [-0.2, 0) is 5.60 Å². The second-order valence-electron chi connectivity index (χ2n) is 5.58. The van der Waals surface area contributed by atoms with Gasteiger partial charge in [0, 0.05) is 24.4 Å². The largest absolute Gasteiger partial charge is 0.457 e. The molecule has 25 heavy (non-hydrogen) atoms. The van der Waals surface area contributed by atoms with Gasteiger partial charge in [-0.15, -0.1) is 0 Å². The number of benzene rings is 2. The van der Waals surface area contributed by atoms with Crippen LogP contribution in [0.15, 0.2) is 52.6 Å². The Kier molecular flexibility index (Phi) is 6.42. The van der Waals surface area contributed by atoms with E-state index in [2.05, 4.69) is 16.8 Å². The topological polar surface area (TPSA) is 57.4 Å². The maximum Gasteiger partial charge on any atom is 0.128 e. The van der Waals surface area contributed by atoms with Gasteiger partial charge in [-0.1, -0.05) is 29.3 Å². The second-order valence-corrected chi connectivity index (χ2v) is 6.43. The van der Waals surface area contributed by atoms with Gasteiger partial charge in [-0.2, -0.15) is 5.10 Å². The summed E-state index contributed by atoms with van der Waals surface area (Å²) in [6.07, 6.45) is 1.48. The van der Waals surface area contributed by atoms with E-state index in [0.717, 1.165) is 0 Å². The number of hydrogen-bond donors (Lipinski definition) is 1. The van der Waals surface area contributed by atoms with E-state index in [0.29, 0.717) is 27.1 Å². The molecule has 5 nitrogen and oxygen atoms in total. The van der Waals surface area contributed by atoms with Crippen molar-refractivity contribution in [3.05, 3.63) is 58.1 Å². The molecule has 0 radical (unpaired) electrons. The van der Waals surface area contributed by atoms with E-state index in [1.807, 2.05) is 0 Å². The van der Waals surface area contributed by atoms with Crippen LogP contribution in [0.5, 0.6) is 11.5 Å². The lowest BCUT2D eigenvalue weighted by molar-refractivity contribution is 0.0361. The van der Waals surface area contributed by atoms with Crippen molar-refractivity contribution < 1.29 is 9.84 Å². The summed E-state index contributed by atoms with van der Waals surface area (Å²) in [5.74, 6) is 1.20. The molecule has 0 aliphatic carbocycles. The molecule has 1 atom stereocenters. The summed E-state index contributed by atoms with van der Waals surface area (Å²) in [4.78, 5) is 3.87. The summed E-state index contributed by atoms with van der Waals surface area (Å²) in [5.41, 5.74) is -0.700. The van der Waals surface area contributed by atoms with E-state index in [1.165, 1.54) is 11.3 Å². The van der Waals surface area contributed by atoms with Crippen LogP contribution in [0.1, 0.15) is 12.5 Å². The van der Waals surface area contributed by atoms with E-state index in [-0.39, 0.29) is 6.54 Å². The van der Waals surface area contributed by atoms with Gasteiger partial charge in [-0.05, 0) is 43.3 Å². The van der Waals surface area contributed by atoms with Crippen LogP contribution >= 0.6 is 23.2 Å². The normalized spacial score (nSPS) is 13.5. The molecule has 0 aliphatic rings. The Morgan fingerprint density at radius 3 is 2.40 bits per heavy atom. The molecule has 0 saturated heterocycles. The minimum atomic E-state index is -1.25. The fourth-order valence-corrected chi connectivity index (χ4v) is 2.80.